The van der Waals surface area contributed by atoms with Crippen LogP contribution in [-0.4, -0.2) is 35.2 Å². The number of ether oxygens (including phenoxy) is 1. The number of ketones is 1. The summed E-state index contributed by atoms with van der Waals surface area (Å²) in [6.07, 6.45) is 3.06. The molecule has 7 nitrogen and oxygen atoms in total. The molecule has 0 radical (unpaired) electrons. The van der Waals surface area contributed by atoms with E-state index in [-0.39, 0.29) is 47.9 Å². The first-order valence-electron chi connectivity index (χ1n) is 14.5. The molecule has 2 fully saturated rings. The van der Waals surface area contributed by atoms with Gasteiger partial charge in [-0.05, 0) is 62.8 Å². The lowest BCUT2D eigenvalue weighted by molar-refractivity contribution is -0.123. The molecule has 0 N–H and O–H groups in total. The molecule has 43 heavy (non-hydrogen) atoms. The van der Waals surface area contributed by atoms with Gasteiger partial charge in [-0.1, -0.05) is 71.8 Å². The van der Waals surface area contributed by atoms with Crippen molar-refractivity contribution in [1.82, 2.24) is 4.98 Å². The number of aromatic nitrogens is 1. The molecule has 0 spiro atoms. The standard InChI is InChI=1S/C36H30N2O5/c1-19-7-9-23(10-8-19)30(39)18-43-36(42)28-17-29(37-33-20(2)5-4-6-26(28)33)22-11-13-25(14-12-22)38-34(40)31-24-15-21(3)27(16-24)32(31)35(38)41/h4-15,17,24,27,31-32H,16,18H2,1-3H3. The SMILES string of the molecule is CC1=CC2CC1C1C(=O)N(c3ccc(-c4cc(C(=O)OCC(=O)c5ccc(C)cc5)c5cccc(C)c5n4)cc3)C(=O)C21. The maximum atomic E-state index is 13.4. The molecule has 4 aromatic rings. The number of hydrogen-bond acceptors (Lipinski definition) is 6. The largest absolute Gasteiger partial charge is 0.454 e. The molecular weight excluding hydrogens is 540 g/mol. The maximum absolute atomic E-state index is 13.4. The number of amides is 2. The molecule has 7 heteroatoms. The van der Waals surface area contributed by atoms with E-state index in [9.17, 15) is 19.2 Å². The molecule has 2 aliphatic carbocycles. The molecule has 4 unspecified atom stereocenters. The van der Waals surface area contributed by atoms with Crippen molar-refractivity contribution >= 4 is 40.2 Å². The minimum atomic E-state index is -0.616. The number of imide groups is 1. The molecule has 2 bridgehead atoms. The smallest absolute Gasteiger partial charge is 0.339 e. The summed E-state index contributed by atoms with van der Waals surface area (Å²) in [6, 6.07) is 21.5. The molecule has 7 rings (SSSR count). The van der Waals surface area contributed by atoms with Crippen molar-refractivity contribution in [2.24, 2.45) is 23.7 Å². The zero-order valence-electron chi connectivity index (χ0n) is 24.2. The molecule has 4 atom stereocenters. The van der Waals surface area contributed by atoms with Crippen molar-refractivity contribution in [2.75, 3.05) is 11.5 Å². The van der Waals surface area contributed by atoms with Crippen LogP contribution in [0.5, 0.6) is 0 Å². The van der Waals surface area contributed by atoms with E-state index in [4.69, 9.17) is 9.72 Å². The molecular formula is C36H30N2O5. The Balaban J connectivity index is 1.17. The number of aryl methyl sites for hydroxylation is 2. The first-order chi connectivity index (χ1) is 20.7. The highest BCUT2D eigenvalue weighted by molar-refractivity contribution is 6.23. The predicted octanol–water partition coefficient (Wildman–Crippen LogP) is 6.26. The number of esters is 1. The van der Waals surface area contributed by atoms with Gasteiger partial charge in [0, 0.05) is 16.5 Å². The topological polar surface area (TPSA) is 93.6 Å². The van der Waals surface area contributed by atoms with Gasteiger partial charge in [-0.25, -0.2) is 9.78 Å². The Labute approximate surface area is 249 Å². The summed E-state index contributed by atoms with van der Waals surface area (Å²) in [6.45, 7) is 5.54. The number of nitrogens with zero attached hydrogens (tertiary/aromatic N) is 2. The second-order valence-corrected chi connectivity index (χ2v) is 11.9. The summed E-state index contributed by atoms with van der Waals surface area (Å²) in [5.74, 6) is -1.37. The van der Waals surface area contributed by atoms with E-state index in [0.717, 1.165) is 23.1 Å². The van der Waals surface area contributed by atoms with E-state index in [1.54, 1.807) is 30.3 Å². The Hall–Kier alpha value is -4.91. The molecule has 1 saturated heterocycles. The fraction of sp³-hybridized carbons (Fsp3) is 0.250. The first kappa shape index (κ1) is 27.0. The van der Waals surface area contributed by atoms with Crippen LogP contribution in [0.2, 0.25) is 0 Å². The summed E-state index contributed by atoms with van der Waals surface area (Å²) < 4.78 is 5.49. The van der Waals surface area contributed by atoms with Gasteiger partial charge < -0.3 is 4.74 Å². The summed E-state index contributed by atoms with van der Waals surface area (Å²) in [5, 5.41) is 0.631. The predicted molar refractivity (Wildman–Crippen MR) is 163 cm³/mol. The Bertz CT molecular complexity index is 1870. The van der Waals surface area contributed by atoms with Crippen LogP contribution in [0.3, 0.4) is 0 Å². The minimum absolute atomic E-state index is 0.118. The van der Waals surface area contributed by atoms with E-state index in [0.29, 0.717) is 33.4 Å². The minimum Gasteiger partial charge on any atom is -0.454 e. The van der Waals surface area contributed by atoms with Gasteiger partial charge in [-0.2, -0.15) is 0 Å². The van der Waals surface area contributed by atoms with Crippen molar-refractivity contribution in [3.8, 4) is 11.3 Å². The molecule has 3 aromatic carbocycles. The number of Topliss-reactive ketones (excluding diaryl/α,β-unsaturated/α-hetero) is 1. The summed E-state index contributed by atoms with van der Waals surface area (Å²) >= 11 is 0. The number of fused-ring (bicyclic) bond motifs is 6. The molecule has 214 valence electrons. The van der Waals surface area contributed by atoms with Gasteiger partial charge in [0.1, 0.15) is 0 Å². The molecule has 2 amide bonds. The molecule has 2 heterocycles. The molecule has 1 aliphatic heterocycles. The third-order valence-corrected chi connectivity index (χ3v) is 9.27. The quantitative estimate of drug-likeness (QED) is 0.118. The number of anilines is 1. The van der Waals surface area contributed by atoms with Crippen LogP contribution in [0.25, 0.3) is 22.2 Å². The Morgan fingerprint density at radius 1 is 0.907 bits per heavy atom. The van der Waals surface area contributed by atoms with E-state index in [2.05, 4.69) is 13.0 Å². The van der Waals surface area contributed by atoms with Gasteiger partial charge >= 0.3 is 5.97 Å². The Morgan fingerprint density at radius 3 is 2.37 bits per heavy atom. The number of benzene rings is 3. The fourth-order valence-corrected chi connectivity index (χ4v) is 7.05. The van der Waals surface area contributed by atoms with E-state index in [1.807, 2.05) is 56.3 Å². The molecule has 3 aliphatic rings. The maximum Gasteiger partial charge on any atom is 0.339 e. The zero-order valence-corrected chi connectivity index (χ0v) is 24.2. The van der Waals surface area contributed by atoms with Crippen molar-refractivity contribution in [1.29, 1.82) is 0 Å². The van der Waals surface area contributed by atoms with Gasteiger partial charge in [0.25, 0.3) is 0 Å². The number of para-hydroxylation sites is 1. The number of pyridine rings is 1. The van der Waals surface area contributed by atoms with E-state index < -0.39 is 5.97 Å². The van der Waals surface area contributed by atoms with Gasteiger partial charge in [0.15, 0.2) is 12.4 Å². The van der Waals surface area contributed by atoms with Crippen LogP contribution in [0.4, 0.5) is 5.69 Å². The van der Waals surface area contributed by atoms with Crippen molar-refractivity contribution in [3.63, 3.8) is 0 Å². The second-order valence-electron chi connectivity index (χ2n) is 11.9. The van der Waals surface area contributed by atoms with Gasteiger partial charge in [0.2, 0.25) is 11.8 Å². The number of hydrogen-bond donors (Lipinski definition) is 0. The van der Waals surface area contributed by atoms with Crippen LogP contribution in [0.15, 0.2) is 84.4 Å². The third kappa shape index (κ3) is 4.38. The van der Waals surface area contributed by atoms with Crippen molar-refractivity contribution < 1.29 is 23.9 Å². The first-order valence-corrected chi connectivity index (χ1v) is 14.5. The highest BCUT2D eigenvalue weighted by Crippen LogP contribution is 2.56. The highest BCUT2D eigenvalue weighted by atomic mass is 16.5. The number of carbonyl (C=O) groups is 4. The normalized spacial score (nSPS) is 22.2. The van der Waals surface area contributed by atoms with Crippen LogP contribution in [0, 0.1) is 37.5 Å². The number of allylic oxidation sites excluding steroid dienone is 2. The lowest BCUT2D eigenvalue weighted by Crippen LogP contribution is -2.32. The van der Waals surface area contributed by atoms with Crippen molar-refractivity contribution in [3.05, 3.63) is 107 Å². The highest BCUT2D eigenvalue weighted by Gasteiger charge is 2.60. The monoisotopic (exact) mass is 570 g/mol. The fourth-order valence-electron chi connectivity index (χ4n) is 7.05. The molecule has 1 saturated carbocycles. The van der Waals surface area contributed by atoms with Crippen LogP contribution in [0.1, 0.15) is 45.2 Å². The average Bonchev–Trinajstić information content (AvgIpc) is 3.65. The second kappa shape index (κ2) is 10.1. The van der Waals surface area contributed by atoms with Crippen molar-refractivity contribution in [2.45, 2.75) is 27.2 Å². The number of carbonyl (C=O) groups excluding carboxylic acids is 4. The van der Waals surface area contributed by atoms with Crippen LogP contribution >= 0.6 is 0 Å². The van der Waals surface area contributed by atoms with Gasteiger partial charge in [-0.15, -0.1) is 0 Å². The Kier molecular flexibility index (Phi) is 6.34. The van der Waals surface area contributed by atoms with Gasteiger partial charge in [0.05, 0.1) is 34.3 Å². The van der Waals surface area contributed by atoms with Gasteiger partial charge in [-0.3, -0.25) is 19.3 Å². The Morgan fingerprint density at radius 2 is 1.63 bits per heavy atom. The summed E-state index contributed by atoms with van der Waals surface area (Å²) in [7, 11) is 0. The average molecular weight is 571 g/mol. The van der Waals surface area contributed by atoms with Crippen LogP contribution < -0.4 is 4.90 Å². The zero-order chi connectivity index (χ0) is 30.0. The third-order valence-electron chi connectivity index (χ3n) is 9.27. The van der Waals surface area contributed by atoms with E-state index >= 15 is 0 Å². The summed E-state index contributed by atoms with van der Waals surface area (Å²) in [4.78, 5) is 58.9. The number of rotatable bonds is 6. The van der Waals surface area contributed by atoms with Crippen LogP contribution in [-0.2, 0) is 14.3 Å². The van der Waals surface area contributed by atoms with E-state index in [1.165, 1.54) is 10.5 Å². The lowest BCUT2D eigenvalue weighted by atomic mass is 9.82. The lowest BCUT2D eigenvalue weighted by Gasteiger charge is -2.19. The molecule has 1 aromatic heterocycles. The summed E-state index contributed by atoms with van der Waals surface area (Å²) in [5.41, 5.74) is 6.37.